The maximum atomic E-state index is 12.5. The number of piperidine rings is 1. The van der Waals surface area contributed by atoms with Crippen LogP contribution in [-0.2, 0) is 9.59 Å². The summed E-state index contributed by atoms with van der Waals surface area (Å²) in [6.45, 7) is 4.68. The van der Waals surface area contributed by atoms with Crippen LogP contribution in [-0.4, -0.2) is 59.4 Å². The summed E-state index contributed by atoms with van der Waals surface area (Å²) >= 11 is 0. The van der Waals surface area contributed by atoms with Crippen molar-refractivity contribution in [2.24, 2.45) is 5.92 Å². The molecule has 1 aliphatic rings. The number of rotatable bonds is 5. The third-order valence-electron chi connectivity index (χ3n) is 4.37. The summed E-state index contributed by atoms with van der Waals surface area (Å²) in [5, 5.41) is 8.99. The van der Waals surface area contributed by atoms with Crippen molar-refractivity contribution in [2.45, 2.75) is 32.6 Å². The van der Waals surface area contributed by atoms with Gasteiger partial charge in [-0.3, -0.25) is 14.4 Å². The molecule has 1 aliphatic heterocycles. The molecule has 0 aromatic carbocycles. The van der Waals surface area contributed by atoms with E-state index in [1.807, 2.05) is 13.8 Å². The maximum Gasteiger partial charge on any atom is 0.306 e. The average molecular weight is 336 g/mol. The second kappa shape index (κ2) is 7.51. The first-order valence-corrected chi connectivity index (χ1v) is 8.14. The van der Waals surface area contributed by atoms with E-state index in [1.165, 1.54) is 11.2 Å². The van der Waals surface area contributed by atoms with Crippen molar-refractivity contribution in [1.82, 2.24) is 9.80 Å². The number of aliphatic carboxylic acids is 1. The Labute approximate surface area is 141 Å². The first kappa shape index (κ1) is 18.0. The second-order valence-electron chi connectivity index (χ2n) is 6.51. The first-order chi connectivity index (χ1) is 11.3. The second-order valence-corrected chi connectivity index (χ2v) is 6.51. The highest BCUT2D eigenvalue weighted by molar-refractivity contribution is 5.97. The fourth-order valence-corrected chi connectivity index (χ4v) is 2.90. The van der Waals surface area contributed by atoms with Crippen LogP contribution in [0.25, 0.3) is 0 Å². The summed E-state index contributed by atoms with van der Waals surface area (Å²) in [6.07, 6.45) is 2.39. The summed E-state index contributed by atoms with van der Waals surface area (Å²) in [5.74, 6) is -0.909. The largest absolute Gasteiger partial charge is 0.481 e. The lowest BCUT2D eigenvalue weighted by Gasteiger charge is -2.31. The molecule has 2 rings (SSSR count). The molecular formula is C17H24N2O5. The van der Waals surface area contributed by atoms with Crippen LogP contribution in [0.5, 0.6) is 0 Å². The van der Waals surface area contributed by atoms with Crippen LogP contribution >= 0.6 is 0 Å². The molecule has 7 heteroatoms. The van der Waals surface area contributed by atoms with E-state index in [1.54, 1.807) is 18.0 Å². The molecule has 2 amide bonds. The van der Waals surface area contributed by atoms with Crippen molar-refractivity contribution in [2.75, 3.05) is 26.7 Å². The maximum absolute atomic E-state index is 12.5. The Morgan fingerprint density at radius 3 is 2.50 bits per heavy atom. The van der Waals surface area contributed by atoms with Gasteiger partial charge in [0, 0.05) is 26.1 Å². The zero-order chi connectivity index (χ0) is 17.9. The summed E-state index contributed by atoms with van der Waals surface area (Å²) in [4.78, 5) is 38.8. The molecule has 1 saturated heterocycles. The number of likely N-dealkylation sites (N-methyl/N-ethyl adjacent to an activating group) is 1. The fourth-order valence-electron chi connectivity index (χ4n) is 2.90. The Balaban J connectivity index is 1.93. The van der Waals surface area contributed by atoms with Gasteiger partial charge in [-0.15, -0.1) is 0 Å². The van der Waals surface area contributed by atoms with Gasteiger partial charge in [0.1, 0.15) is 5.76 Å². The van der Waals surface area contributed by atoms with E-state index in [-0.39, 0.29) is 30.2 Å². The molecule has 0 saturated carbocycles. The predicted octanol–water partition coefficient (Wildman–Crippen LogP) is 1.80. The lowest BCUT2D eigenvalue weighted by molar-refractivity contribution is -0.145. The molecule has 0 atom stereocenters. The van der Waals surface area contributed by atoms with Gasteiger partial charge in [0.15, 0.2) is 0 Å². The highest BCUT2D eigenvalue weighted by Crippen LogP contribution is 2.22. The van der Waals surface area contributed by atoms with E-state index >= 15 is 0 Å². The molecule has 0 unspecified atom stereocenters. The van der Waals surface area contributed by atoms with E-state index in [0.717, 1.165) is 0 Å². The van der Waals surface area contributed by atoms with Crippen molar-refractivity contribution < 1.29 is 23.9 Å². The Bertz CT molecular complexity index is 614. The number of amides is 2. The van der Waals surface area contributed by atoms with Crippen molar-refractivity contribution in [1.29, 1.82) is 0 Å². The van der Waals surface area contributed by atoms with Crippen LogP contribution in [0.1, 0.15) is 48.7 Å². The van der Waals surface area contributed by atoms with E-state index in [0.29, 0.717) is 37.3 Å². The van der Waals surface area contributed by atoms with Gasteiger partial charge in [-0.25, -0.2) is 0 Å². The van der Waals surface area contributed by atoms with Crippen LogP contribution in [0.3, 0.4) is 0 Å². The van der Waals surface area contributed by atoms with Gasteiger partial charge in [-0.2, -0.15) is 0 Å². The Morgan fingerprint density at radius 1 is 1.33 bits per heavy atom. The number of hydrogen-bond donors (Lipinski definition) is 1. The Kier molecular flexibility index (Phi) is 5.64. The number of carbonyl (C=O) groups excluding carboxylic acids is 2. The van der Waals surface area contributed by atoms with Gasteiger partial charge in [0.25, 0.3) is 5.91 Å². The average Bonchev–Trinajstić information content (AvgIpc) is 3.03. The molecule has 0 bridgehead atoms. The SMILES string of the molecule is CC(C)c1occc1C(=O)N(C)CC(=O)N1CCC(C(=O)O)CC1. The molecular weight excluding hydrogens is 312 g/mol. The first-order valence-electron chi connectivity index (χ1n) is 8.14. The van der Waals surface area contributed by atoms with Gasteiger partial charge in [-0.05, 0) is 18.9 Å². The van der Waals surface area contributed by atoms with Crippen molar-refractivity contribution in [3.05, 3.63) is 23.7 Å². The van der Waals surface area contributed by atoms with Crippen LogP contribution in [0.2, 0.25) is 0 Å². The molecule has 1 fully saturated rings. The van der Waals surface area contributed by atoms with E-state index in [4.69, 9.17) is 9.52 Å². The minimum atomic E-state index is -0.810. The number of hydrogen-bond acceptors (Lipinski definition) is 4. The number of carboxylic acid groups (broad SMARTS) is 1. The smallest absolute Gasteiger partial charge is 0.306 e. The van der Waals surface area contributed by atoms with E-state index < -0.39 is 5.97 Å². The normalized spacial score (nSPS) is 15.6. The van der Waals surface area contributed by atoms with Gasteiger partial charge in [0.05, 0.1) is 24.3 Å². The van der Waals surface area contributed by atoms with Gasteiger partial charge in [-0.1, -0.05) is 13.8 Å². The molecule has 132 valence electrons. The topological polar surface area (TPSA) is 91.1 Å². The third-order valence-corrected chi connectivity index (χ3v) is 4.37. The highest BCUT2D eigenvalue weighted by Gasteiger charge is 2.28. The molecule has 7 nitrogen and oxygen atoms in total. The molecule has 0 spiro atoms. The zero-order valence-electron chi connectivity index (χ0n) is 14.3. The molecule has 1 aromatic rings. The van der Waals surface area contributed by atoms with Crippen molar-refractivity contribution in [3.8, 4) is 0 Å². The summed E-state index contributed by atoms with van der Waals surface area (Å²) in [7, 11) is 1.58. The van der Waals surface area contributed by atoms with Crippen molar-refractivity contribution in [3.63, 3.8) is 0 Å². The summed E-state index contributed by atoms with van der Waals surface area (Å²) < 4.78 is 5.35. The Morgan fingerprint density at radius 2 is 1.96 bits per heavy atom. The van der Waals surface area contributed by atoms with Crippen LogP contribution in [0.15, 0.2) is 16.7 Å². The van der Waals surface area contributed by atoms with Crippen LogP contribution < -0.4 is 0 Å². The lowest BCUT2D eigenvalue weighted by atomic mass is 9.97. The quantitative estimate of drug-likeness (QED) is 0.885. The third kappa shape index (κ3) is 3.96. The predicted molar refractivity (Wildman–Crippen MR) is 86.7 cm³/mol. The molecule has 2 heterocycles. The fraction of sp³-hybridized carbons (Fsp3) is 0.588. The summed E-state index contributed by atoms with van der Waals surface area (Å²) in [5.41, 5.74) is 0.477. The van der Waals surface area contributed by atoms with E-state index in [9.17, 15) is 14.4 Å². The molecule has 24 heavy (non-hydrogen) atoms. The van der Waals surface area contributed by atoms with E-state index in [2.05, 4.69) is 0 Å². The minimum Gasteiger partial charge on any atom is -0.481 e. The standard InChI is InChI=1S/C17H24N2O5/c1-11(2)15-13(6-9-24-15)16(21)18(3)10-14(20)19-7-4-12(5-8-19)17(22)23/h6,9,11-12H,4-5,7-8,10H2,1-3H3,(H,22,23). The monoisotopic (exact) mass is 336 g/mol. The number of carboxylic acids is 1. The molecule has 0 aliphatic carbocycles. The minimum absolute atomic E-state index is 0.0285. The number of likely N-dealkylation sites (tertiary alicyclic amines) is 1. The van der Waals surface area contributed by atoms with Gasteiger partial charge >= 0.3 is 5.97 Å². The van der Waals surface area contributed by atoms with Gasteiger partial charge < -0.3 is 19.3 Å². The molecule has 1 N–H and O–H groups in total. The number of furan rings is 1. The Hall–Kier alpha value is -2.31. The van der Waals surface area contributed by atoms with Crippen LogP contribution in [0, 0.1) is 5.92 Å². The molecule has 0 radical (unpaired) electrons. The van der Waals surface area contributed by atoms with Crippen molar-refractivity contribution >= 4 is 17.8 Å². The number of carbonyl (C=O) groups is 3. The lowest BCUT2D eigenvalue weighted by Crippen LogP contribution is -2.45. The van der Waals surface area contributed by atoms with Crippen LogP contribution in [0.4, 0.5) is 0 Å². The summed E-state index contributed by atoms with van der Waals surface area (Å²) in [6, 6.07) is 1.62. The zero-order valence-corrected chi connectivity index (χ0v) is 14.3. The number of nitrogens with zero attached hydrogens (tertiary/aromatic N) is 2. The van der Waals surface area contributed by atoms with Gasteiger partial charge in [0.2, 0.25) is 5.91 Å². The molecule has 1 aromatic heterocycles. The highest BCUT2D eigenvalue weighted by atomic mass is 16.4.